The molecule has 1 rings (SSSR count). The van der Waals surface area contributed by atoms with Gasteiger partial charge in [-0.1, -0.05) is 30.4 Å². The Balaban J connectivity index is 3.08. The monoisotopic (exact) mass is 167 g/mol. The molecule has 0 aromatic heterocycles. The second-order valence-electron chi connectivity index (χ2n) is 1.80. The van der Waals surface area contributed by atoms with Crippen molar-refractivity contribution < 1.29 is 0 Å². The fraction of sp³-hybridized carbons (Fsp3) is 0.125. The van der Waals surface area contributed by atoms with Gasteiger partial charge in [0.2, 0.25) is 0 Å². The van der Waals surface area contributed by atoms with Crippen LogP contribution in [0.4, 0.5) is 0 Å². The van der Waals surface area contributed by atoms with Crippen LogP contribution in [0.1, 0.15) is 5.56 Å². The van der Waals surface area contributed by atoms with E-state index in [1.807, 2.05) is 30.5 Å². The van der Waals surface area contributed by atoms with Crippen LogP contribution in [0.2, 0.25) is 0 Å². The molecule has 0 aliphatic rings. The van der Waals surface area contributed by atoms with Crippen molar-refractivity contribution in [1.82, 2.24) is 0 Å². The number of thioether (sulfide) groups is 1. The molecule has 0 aliphatic carbocycles. The first-order valence-corrected chi connectivity index (χ1v) is 4.53. The third-order valence-corrected chi connectivity index (χ3v) is 2.23. The van der Waals surface area contributed by atoms with E-state index in [-0.39, 0.29) is 0 Å². The van der Waals surface area contributed by atoms with E-state index in [1.165, 1.54) is 4.90 Å². The molecule has 0 aliphatic heterocycles. The average molecular weight is 167 g/mol. The van der Waals surface area contributed by atoms with E-state index in [4.69, 9.17) is 12.2 Å². The molecule has 10 heavy (non-hydrogen) atoms. The van der Waals surface area contributed by atoms with Crippen LogP contribution >= 0.6 is 24.0 Å². The minimum absolute atomic E-state index is 1.02. The SMILES string of the molecule is CSc1ccccc1[C]=S. The number of thiocarbonyl (C=S) groups is 1. The van der Waals surface area contributed by atoms with Crippen molar-refractivity contribution in [2.75, 3.05) is 6.26 Å². The van der Waals surface area contributed by atoms with Gasteiger partial charge in [0.1, 0.15) is 0 Å². The van der Waals surface area contributed by atoms with Crippen LogP contribution in [0.3, 0.4) is 0 Å². The smallest absolute Gasteiger partial charge is 0.0647 e. The Morgan fingerprint density at radius 1 is 1.40 bits per heavy atom. The van der Waals surface area contributed by atoms with Crippen molar-refractivity contribution in [3.05, 3.63) is 29.8 Å². The fourth-order valence-corrected chi connectivity index (χ4v) is 1.53. The highest BCUT2D eigenvalue weighted by Gasteiger charge is 1.94. The van der Waals surface area contributed by atoms with Crippen molar-refractivity contribution >= 4 is 29.3 Å². The molecule has 0 unspecified atom stereocenters. The third-order valence-electron chi connectivity index (χ3n) is 1.22. The van der Waals surface area contributed by atoms with Gasteiger partial charge in [0.15, 0.2) is 0 Å². The lowest BCUT2D eigenvalue weighted by Gasteiger charge is -1.97. The summed E-state index contributed by atoms with van der Waals surface area (Å²) in [5.74, 6) is 0. The van der Waals surface area contributed by atoms with Crippen LogP contribution in [0.15, 0.2) is 29.2 Å². The zero-order valence-corrected chi connectivity index (χ0v) is 7.26. The molecule has 0 N–H and O–H groups in total. The maximum atomic E-state index is 4.71. The first-order valence-electron chi connectivity index (χ1n) is 2.89. The molecule has 1 aromatic carbocycles. The van der Waals surface area contributed by atoms with Gasteiger partial charge in [-0.3, -0.25) is 0 Å². The Hall–Kier alpha value is -0.340. The first kappa shape index (κ1) is 7.76. The van der Waals surface area contributed by atoms with Gasteiger partial charge in [-0.25, -0.2) is 0 Å². The van der Waals surface area contributed by atoms with Gasteiger partial charge < -0.3 is 0 Å². The average Bonchev–Trinajstić information content (AvgIpc) is 2.04. The number of hydrogen-bond acceptors (Lipinski definition) is 2. The van der Waals surface area contributed by atoms with Crippen molar-refractivity contribution in [2.45, 2.75) is 4.90 Å². The summed E-state index contributed by atoms with van der Waals surface area (Å²) in [7, 11) is 0. The molecular formula is C8H7S2. The lowest BCUT2D eigenvalue weighted by Crippen LogP contribution is -1.80. The highest BCUT2D eigenvalue weighted by Crippen LogP contribution is 2.17. The minimum atomic E-state index is 1.02. The van der Waals surface area contributed by atoms with E-state index < -0.39 is 0 Å². The predicted molar refractivity (Wildman–Crippen MR) is 49.9 cm³/mol. The molecule has 0 saturated heterocycles. The van der Waals surface area contributed by atoms with Crippen LogP contribution in [0, 0.1) is 0 Å². The van der Waals surface area contributed by atoms with Gasteiger partial charge in [-0.05, 0) is 12.3 Å². The van der Waals surface area contributed by atoms with E-state index >= 15 is 0 Å². The zero-order valence-electron chi connectivity index (χ0n) is 5.63. The summed E-state index contributed by atoms with van der Waals surface area (Å²) >= 11 is 6.40. The molecule has 0 spiro atoms. The quantitative estimate of drug-likeness (QED) is 0.490. The molecule has 0 saturated carbocycles. The summed E-state index contributed by atoms with van der Waals surface area (Å²) in [5.41, 5.74) is 1.02. The summed E-state index contributed by atoms with van der Waals surface area (Å²) in [6, 6.07) is 7.98. The Bertz CT molecular complexity index is 230. The van der Waals surface area contributed by atoms with E-state index in [2.05, 4.69) is 5.37 Å². The summed E-state index contributed by atoms with van der Waals surface area (Å²) in [6.07, 6.45) is 2.03. The lowest BCUT2D eigenvalue weighted by molar-refractivity contribution is 1.45. The van der Waals surface area contributed by atoms with Crippen molar-refractivity contribution in [1.29, 1.82) is 0 Å². The second-order valence-corrected chi connectivity index (χ2v) is 2.85. The standard InChI is InChI=1S/C8H7S2/c1-10-8-5-3-2-4-7(8)6-9/h2-5H,1H3. The molecular weight excluding hydrogens is 160 g/mol. The largest absolute Gasteiger partial charge is 0.129 e. The van der Waals surface area contributed by atoms with Crippen LogP contribution in [-0.4, -0.2) is 11.6 Å². The molecule has 1 aromatic rings. The summed E-state index contributed by atoms with van der Waals surface area (Å²) in [6.45, 7) is 0. The van der Waals surface area contributed by atoms with Crippen LogP contribution < -0.4 is 0 Å². The predicted octanol–water partition coefficient (Wildman–Crippen LogP) is 2.63. The molecule has 2 heteroatoms. The molecule has 0 heterocycles. The van der Waals surface area contributed by atoms with E-state index in [9.17, 15) is 0 Å². The molecule has 1 radical (unpaired) electrons. The van der Waals surface area contributed by atoms with Gasteiger partial charge in [-0.2, -0.15) is 0 Å². The highest BCUT2D eigenvalue weighted by atomic mass is 32.2. The molecule has 51 valence electrons. The van der Waals surface area contributed by atoms with Crippen LogP contribution in [0.5, 0.6) is 0 Å². The summed E-state index contributed by atoms with van der Waals surface area (Å²) in [4.78, 5) is 1.19. The maximum Gasteiger partial charge on any atom is 0.0647 e. The number of benzene rings is 1. The Morgan fingerprint density at radius 2 is 2.10 bits per heavy atom. The molecule has 0 fully saturated rings. The van der Waals surface area contributed by atoms with E-state index in [0.717, 1.165) is 5.56 Å². The third kappa shape index (κ3) is 1.58. The Kier molecular flexibility index (Phi) is 2.90. The van der Waals surface area contributed by atoms with Crippen LogP contribution in [-0.2, 0) is 0 Å². The van der Waals surface area contributed by atoms with E-state index in [1.54, 1.807) is 11.8 Å². The molecule has 0 atom stereocenters. The van der Waals surface area contributed by atoms with Gasteiger partial charge in [-0.15, -0.1) is 11.8 Å². The van der Waals surface area contributed by atoms with Crippen molar-refractivity contribution in [3.63, 3.8) is 0 Å². The first-order chi connectivity index (χ1) is 4.88. The van der Waals surface area contributed by atoms with Crippen molar-refractivity contribution in [3.8, 4) is 0 Å². The van der Waals surface area contributed by atoms with E-state index in [0.29, 0.717) is 0 Å². The fourth-order valence-electron chi connectivity index (χ4n) is 0.729. The van der Waals surface area contributed by atoms with Crippen molar-refractivity contribution in [2.24, 2.45) is 0 Å². The lowest BCUT2D eigenvalue weighted by atomic mass is 10.2. The highest BCUT2D eigenvalue weighted by molar-refractivity contribution is 7.98. The minimum Gasteiger partial charge on any atom is -0.129 e. The topological polar surface area (TPSA) is 0 Å². The van der Waals surface area contributed by atoms with Gasteiger partial charge in [0.05, 0.1) is 5.37 Å². The Morgan fingerprint density at radius 3 is 2.60 bits per heavy atom. The van der Waals surface area contributed by atoms with Gasteiger partial charge >= 0.3 is 0 Å². The molecule has 0 nitrogen and oxygen atoms in total. The molecule has 0 bridgehead atoms. The van der Waals surface area contributed by atoms with Crippen LogP contribution in [0.25, 0.3) is 0 Å². The zero-order chi connectivity index (χ0) is 7.40. The maximum absolute atomic E-state index is 4.71. The summed E-state index contributed by atoms with van der Waals surface area (Å²) < 4.78 is 0. The second kappa shape index (κ2) is 3.74. The molecule has 0 amide bonds. The van der Waals surface area contributed by atoms with Gasteiger partial charge in [0, 0.05) is 10.5 Å². The summed E-state index contributed by atoms with van der Waals surface area (Å²) in [5, 5.41) is 2.71. The normalized spacial score (nSPS) is 9.30. The number of hydrogen-bond donors (Lipinski definition) is 0. The Labute approximate surface area is 70.6 Å². The van der Waals surface area contributed by atoms with Gasteiger partial charge in [0.25, 0.3) is 0 Å². The number of rotatable bonds is 2.